The highest BCUT2D eigenvalue weighted by Gasteiger charge is 2.24. The number of amides is 2. The predicted molar refractivity (Wildman–Crippen MR) is 74.2 cm³/mol. The number of carbonyl (C=O) groups is 2. The molecule has 0 atom stereocenters. The highest BCUT2D eigenvalue weighted by molar-refractivity contribution is 6.04. The SMILES string of the molecule is O=C(CN(CCO)C1CCCC1)NC(=O)c1ccc[nH]1. The third-order valence-electron chi connectivity index (χ3n) is 3.67. The van der Waals surface area contributed by atoms with Crippen LogP contribution in [-0.4, -0.2) is 52.5 Å². The van der Waals surface area contributed by atoms with Gasteiger partial charge in [0, 0.05) is 18.8 Å². The molecule has 1 aliphatic carbocycles. The molecule has 1 saturated carbocycles. The maximum atomic E-state index is 11.9. The molecule has 2 amide bonds. The lowest BCUT2D eigenvalue weighted by Gasteiger charge is -2.27. The smallest absolute Gasteiger partial charge is 0.274 e. The number of H-pyrrole nitrogens is 1. The Morgan fingerprint density at radius 3 is 2.75 bits per heavy atom. The lowest BCUT2D eigenvalue weighted by molar-refractivity contribution is -0.121. The number of nitrogens with zero attached hydrogens (tertiary/aromatic N) is 1. The Morgan fingerprint density at radius 2 is 2.15 bits per heavy atom. The summed E-state index contributed by atoms with van der Waals surface area (Å²) in [6.07, 6.45) is 6.07. The summed E-state index contributed by atoms with van der Waals surface area (Å²) in [7, 11) is 0. The first-order chi connectivity index (χ1) is 9.70. The number of aromatic amines is 1. The minimum absolute atomic E-state index is 0.0222. The highest BCUT2D eigenvalue weighted by Crippen LogP contribution is 2.22. The third-order valence-corrected chi connectivity index (χ3v) is 3.67. The summed E-state index contributed by atoms with van der Waals surface area (Å²) in [4.78, 5) is 28.4. The average molecular weight is 279 g/mol. The number of hydrogen-bond acceptors (Lipinski definition) is 4. The first-order valence-corrected chi connectivity index (χ1v) is 7.03. The molecule has 6 heteroatoms. The van der Waals surface area contributed by atoms with Crippen LogP contribution in [0.4, 0.5) is 0 Å². The molecule has 1 heterocycles. The van der Waals surface area contributed by atoms with Crippen LogP contribution in [-0.2, 0) is 4.79 Å². The first kappa shape index (κ1) is 14.7. The zero-order valence-electron chi connectivity index (χ0n) is 11.5. The van der Waals surface area contributed by atoms with Crippen LogP contribution in [0, 0.1) is 0 Å². The van der Waals surface area contributed by atoms with Crippen molar-refractivity contribution in [2.75, 3.05) is 19.7 Å². The summed E-state index contributed by atoms with van der Waals surface area (Å²) in [6, 6.07) is 3.66. The highest BCUT2D eigenvalue weighted by atomic mass is 16.3. The van der Waals surface area contributed by atoms with Crippen molar-refractivity contribution in [2.24, 2.45) is 0 Å². The van der Waals surface area contributed by atoms with Crippen LogP contribution in [0.2, 0.25) is 0 Å². The maximum Gasteiger partial charge on any atom is 0.274 e. The van der Waals surface area contributed by atoms with Gasteiger partial charge in [-0.25, -0.2) is 0 Å². The van der Waals surface area contributed by atoms with Crippen molar-refractivity contribution in [3.8, 4) is 0 Å². The van der Waals surface area contributed by atoms with Gasteiger partial charge in [-0.1, -0.05) is 12.8 Å². The molecule has 0 spiro atoms. The van der Waals surface area contributed by atoms with Crippen molar-refractivity contribution < 1.29 is 14.7 Å². The van der Waals surface area contributed by atoms with Gasteiger partial charge in [0.1, 0.15) is 5.69 Å². The maximum absolute atomic E-state index is 11.9. The number of imide groups is 1. The van der Waals surface area contributed by atoms with E-state index in [2.05, 4.69) is 10.3 Å². The lowest BCUT2D eigenvalue weighted by Crippen LogP contribution is -2.44. The molecular formula is C14H21N3O3. The monoisotopic (exact) mass is 279 g/mol. The van der Waals surface area contributed by atoms with Crippen LogP contribution in [0.5, 0.6) is 0 Å². The molecule has 1 aromatic heterocycles. The van der Waals surface area contributed by atoms with Gasteiger partial charge in [0.15, 0.2) is 0 Å². The van der Waals surface area contributed by atoms with Crippen LogP contribution in [0.25, 0.3) is 0 Å². The minimum Gasteiger partial charge on any atom is -0.395 e. The van der Waals surface area contributed by atoms with E-state index in [-0.39, 0.29) is 19.1 Å². The fourth-order valence-electron chi connectivity index (χ4n) is 2.68. The summed E-state index contributed by atoms with van der Waals surface area (Å²) in [6.45, 7) is 0.640. The van der Waals surface area contributed by atoms with E-state index in [1.165, 1.54) is 0 Å². The van der Waals surface area contributed by atoms with Crippen molar-refractivity contribution in [2.45, 2.75) is 31.7 Å². The average Bonchev–Trinajstić information content (AvgIpc) is 3.11. The summed E-state index contributed by atoms with van der Waals surface area (Å²) < 4.78 is 0. The zero-order valence-corrected chi connectivity index (χ0v) is 11.5. The molecule has 0 radical (unpaired) electrons. The largest absolute Gasteiger partial charge is 0.395 e. The molecule has 0 aromatic carbocycles. The van der Waals surface area contributed by atoms with Crippen molar-refractivity contribution in [3.63, 3.8) is 0 Å². The van der Waals surface area contributed by atoms with Crippen LogP contribution in [0.15, 0.2) is 18.3 Å². The van der Waals surface area contributed by atoms with Gasteiger partial charge in [-0.2, -0.15) is 0 Å². The number of nitrogens with one attached hydrogen (secondary N) is 2. The Kier molecular flexibility index (Phi) is 5.31. The Morgan fingerprint density at radius 1 is 1.40 bits per heavy atom. The van der Waals surface area contributed by atoms with E-state index >= 15 is 0 Å². The lowest BCUT2D eigenvalue weighted by atomic mass is 10.2. The fraction of sp³-hybridized carbons (Fsp3) is 0.571. The number of aromatic nitrogens is 1. The minimum atomic E-state index is -0.421. The van der Waals surface area contributed by atoms with Gasteiger partial charge in [-0.15, -0.1) is 0 Å². The Balaban J connectivity index is 1.86. The second kappa shape index (κ2) is 7.21. The number of aliphatic hydroxyl groups is 1. The summed E-state index contributed by atoms with van der Waals surface area (Å²) >= 11 is 0. The zero-order chi connectivity index (χ0) is 14.4. The predicted octanol–water partition coefficient (Wildman–Crippen LogP) is 0.508. The van der Waals surface area contributed by atoms with E-state index < -0.39 is 5.91 Å². The number of aliphatic hydroxyl groups excluding tert-OH is 1. The molecule has 110 valence electrons. The quantitative estimate of drug-likeness (QED) is 0.708. The van der Waals surface area contributed by atoms with E-state index in [1.54, 1.807) is 18.3 Å². The van der Waals surface area contributed by atoms with Crippen molar-refractivity contribution >= 4 is 11.8 Å². The Hall–Kier alpha value is -1.66. The topological polar surface area (TPSA) is 85.4 Å². The third kappa shape index (κ3) is 3.91. The first-order valence-electron chi connectivity index (χ1n) is 7.03. The van der Waals surface area contributed by atoms with Gasteiger partial charge < -0.3 is 10.1 Å². The molecule has 20 heavy (non-hydrogen) atoms. The molecule has 3 N–H and O–H groups in total. The molecule has 0 aliphatic heterocycles. The van der Waals surface area contributed by atoms with Crippen LogP contribution in [0.3, 0.4) is 0 Å². The molecule has 1 fully saturated rings. The summed E-state index contributed by atoms with van der Waals surface area (Å²) in [5.74, 6) is -0.750. The van der Waals surface area contributed by atoms with Gasteiger partial charge in [-0.3, -0.25) is 19.8 Å². The van der Waals surface area contributed by atoms with E-state index in [0.717, 1.165) is 25.7 Å². The van der Waals surface area contributed by atoms with E-state index in [4.69, 9.17) is 5.11 Å². The van der Waals surface area contributed by atoms with Gasteiger partial charge in [0.2, 0.25) is 5.91 Å². The van der Waals surface area contributed by atoms with Crippen LogP contribution < -0.4 is 5.32 Å². The second-order valence-electron chi connectivity index (χ2n) is 5.09. The molecular weight excluding hydrogens is 258 g/mol. The normalized spacial score (nSPS) is 15.7. The van der Waals surface area contributed by atoms with Crippen LogP contribution in [0.1, 0.15) is 36.2 Å². The number of rotatable bonds is 6. The molecule has 0 unspecified atom stereocenters. The fourth-order valence-corrected chi connectivity index (χ4v) is 2.68. The van der Waals surface area contributed by atoms with Gasteiger partial charge in [-0.05, 0) is 25.0 Å². The Labute approximate surface area is 118 Å². The van der Waals surface area contributed by atoms with E-state index in [1.807, 2.05) is 4.90 Å². The van der Waals surface area contributed by atoms with Crippen LogP contribution >= 0.6 is 0 Å². The Bertz CT molecular complexity index is 439. The van der Waals surface area contributed by atoms with Crippen molar-refractivity contribution in [1.82, 2.24) is 15.2 Å². The molecule has 2 rings (SSSR count). The van der Waals surface area contributed by atoms with Gasteiger partial charge in [0.25, 0.3) is 5.91 Å². The standard InChI is InChI=1S/C14H21N3O3/c18-9-8-17(11-4-1-2-5-11)10-13(19)16-14(20)12-6-3-7-15-12/h3,6-7,11,15,18H,1-2,4-5,8-10H2,(H,16,19,20). The second-order valence-corrected chi connectivity index (χ2v) is 5.09. The van der Waals surface area contributed by atoms with Crippen molar-refractivity contribution in [3.05, 3.63) is 24.0 Å². The van der Waals surface area contributed by atoms with Gasteiger partial charge >= 0.3 is 0 Å². The van der Waals surface area contributed by atoms with E-state index in [9.17, 15) is 9.59 Å². The molecule has 1 aromatic rings. The van der Waals surface area contributed by atoms with E-state index in [0.29, 0.717) is 18.3 Å². The van der Waals surface area contributed by atoms with Gasteiger partial charge in [0.05, 0.1) is 13.2 Å². The summed E-state index contributed by atoms with van der Waals surface area (Å²) in [5.41, 5.74) is 0.368. The molecule has 0 bridgehead atoms. The number of hydrogen-bond donors (Lipinski definition) is 3. The van der Waals surface area contributed by atoms with Crippen molar-refractivity contribution in [1.29, 1.82) is 0 Å². The molecule has 6 nitrogen and oxygen atoms in total. The summed E-state index contributed by atoms with van der Waals surface area (Å²) in [5, 5.41) is 11.5. The molecule has 0 saturated heterocycles. The number of carbonyl (C=O) groups excluding carboxylic acids is 2. The molecule has 1 aliphatic rings.